The monoisotopic (exact) mass is 267 g/mol. The number of aryl methyl sites for hydroxylation is 1. The van der Waals surface area contributed by atoms with E-state index in [9.17, 15) is 9.90 Å². The molecule has 0 aliphatic carbocycles. The number of aliphatic hydroxyl groups is 1. The summed E-state index contributed by atoms with van der Waals surface area (Å²) in [5, 5.41) is 12.3. The molecule has 4 heteroatoms. The van der Waals surface area contributed by atoms with E-state index in [1.807, 2.05) is 38.1 Å². The van der Waals surface area contributed by atoms with Crippen molar-refractivity contribution in [3.8, 4) is 0 Å². The molecule has 1 aromatic rings. The number of hydrogen-bond acceptors (Lipinski definition) is 3. The van der Waals surface area contributed by atoms with Crippen molar-refractivity contribution in [2.24, 2.45) is 0 Å². The first-order valence-corrected chi connectivity index (χ1v) is 7.25. The molecule has 1 unspecified atom stereocenters. The van der Waals surface area contributed by atoms with Crippen molar-refractivity contribution in [1.29, 1.82) is 0 Å². The van der Waals surface area contributed by atoms with Crippen molar-refractivity contribution in [3.63, 3.8) is 0 Å². The molecule has 0 saturated carbocycles. The van der Waals surface area contributed by atoms with Gasteiger partial charge in [0, 0.05) is 11.4 Å². The fourth-order valence-corrected chi connectivity index (χ4v) is 2.44. The van der Waals surface area contributed by atoms with E-state index in [2.05, 4.69) is 5.32 Å². The third kappa shape index (κ3) is 5.56. The normalized spacial score (nSPS) is 12.2. The summed E-state index contributed by atoms with van der Waals surface area (Å²) in [6.45, 7) is 4.39. The van der Waals surface area contributed by atoms with Crippen LogP contribution < -0.4 is 5.32 Å². The molecule has 0 heterocycles. The van der Waals surface area contributed by atoms with Gasteiger partial charge in [0.05, 0.1) is 11.9 Å². The van der Waals surface area contributed by atoms with Crippen molar-refractivity contribution in [2.75, 3.05) is 12.3 Å². The molecule has 1 aromatic carbocycles. The lowest BCUT2D eigenvalue weighted by Crippen LogP contribution is -2.33. The Balaban J connectivity index is 2.27. The lowest BCUT2D eigenvalue weighted by molar-refractivity contribution is -0.119. The minimum absolute atomic E-state index is 0.0293. The maximum atomic E-state index is 11.6. The highest BCUT2D eigenvalue weighted by molar-refractivity contribution is 8.00. The SMILES string of the molecule is CCCC(O)CNC(=O)CSc1ccccc1C. The molecule has 0 fully saturated rings. The number of carbonyl (C=O) groups excluding carboxylic acids is 1. The summed E-state index contributed by atoms with van der Waals surface area (Å²) in [4.78, 5) is 12.7. The highest BCUT2D eigenvalue weighted by atomic mass is 32.2. The van der Waals surface area contributed by atoms with E-state index in [1.165, 1.54) is 17.3 Å². The van der Waals surface area contributed by atoms with Gasteiger partial charge in [-0.15, -0.1) is 11.8 Å². The fourth-order valence-electron chi connectivity index (χ4n) is 1.58. The second-order valence-electron chi connectivity index (χ2n) is 4.30. The number of benzene rings is 1. The fraction of sp³-hybridized carbons (Fsp3) is 0.500. The Morgan fingerprint density at radius 2 is 2.17 bits per heavy atom. The number of rotatable bonds is 7. The van der Waals surface area contributed by atoms with Crippen molar-refractivity contribution >= 4 is 17.7 Å². The Morgan fingerprint density at radius 1 is 1.44 bits per heavy atom. The third-order valence-corrected chi connectivity index (χ3v) is 3.78. The molecule has 0 aromatic heterocycles. The van der Waals surface area contributed by atoms with Gasteiger partial charge in [-0.3, -0.25) is 4.79 Å². The largest absolute Gasteiger partial charge is 0.391 e. The topological polar surface area (TPSA) is 49.3 Å². The summed E-state index contributed by atoms with van der Waals surface area (Å²) in [5.74, 6) is 0.363. The van der Waals surface area contributed by atoms with Crippen LogP contribution in [0.3, 0.4) is 0 Å². The van der Waals surface area contributed by atoms with E-state index in [-0.39, 0.29) is 5.91 Å². The summed E-state index contributed by atoms with van der Waals surface area (Å²) >= 11 is 1.53. The number of aliphatic hydroxyl groups excluding tert-OH is 1. The summed E-state index contributed by atoms with van der Waals surface area (Å²) in [6, 6.07) is 8.00. The number of amides is 1. The molecular formula is C14H21NO2S. The van der Waals surface area contributed by atoms with E-state index in [0.29, 0.717) is 12.3 Å². The highest BCUT2D eigenvalue weighted by Gasteiger charge is 2.07. The molecule has 2 N–H and O–H groups in total. The molecule has 1 amide bonds. The minimum atomic E-state index is -0.428. The maximum absolute atomic E-state index is 11.6. The predicted octanol–water partition coefficient (Wildman–Crippen LogP) is 2.36. The first-order chi connectivity index (χ1) is 8.63. The summed E-state index contributed by atoms with van der Waals surface area (Å²) in [6.07, 6.45) is 1.22. The maximum Gasteiger partial charge on any atom is 0.230 e. The Bertz CT molecular complexity index is 382. The van der Waals surface area contributed by atoms with Crippen LogP contribution in [0.5, 0.6) is 0 Å². The van der Waals surface area contributed by atoms with Crippen LogP contribution in [0.2, 0.25) is 0 Å². The van der Waals surface area contributed by atoms with Gasteiger partial charge in [-0.25, -0.2) is 0 Å². The summed E-state index contributed by atoms with van der Waals surface area (Å²) in [7, 11) is 0. The molecule has 0 spiro atoms. The van der Waals surface area contributed by atoms with Gasteiger partial charge < -0.3 is 10.4 Å². The van der Waals surface area contributed by atoms with Crippen molar-refractivity contribution in [2.45, 2.75) is 37.7 Å². The van der Waals surface area contributed by atoms with E-state index in [4.69, 9.17) is 0 Å². The van der Waals surface area contributed by atoms with Crippen LogP contribution in [-0.4, -0.2) is 29.4 Å². The van der Waals surface area contributed by atoms with Gasteiger partial charge in [0.25, 0.3) is 0 Å². The molecule has 0 aliphatic heterocycles. The quantitative estimate of drug-likeness (QED) is 0.746. The summed E-state index contributed by atoms with van der Waals surface area (Å²) < 4.78 is 0. The molecule has 0 bridgehead atoms. The first kappa shape index (κ1) is 15.1. The highest BCUT2D eigenvalue weighted by Crippen LogP contribution is 2.21. The van der Waals surface area contributed by atoms with Gasteiger partial charge in [-0.2, -0.15) is 0 Å². The standard InChI is InChI=1S/C14H21NO2S/c1-3-6-12(16)9-15-14(17)10-18-13-8-5-4-7-11(13)2/h4-5,7-8,12,16H,3,6,9-10H2,1-2H3,(H,15,17). The molecule has 0 radical (unpaired) electrons. The van der Waals surface area contributed by atoms with Crippen molar-refractivity contribution in [3.05, 3.63) is 29.8 Å². The Kier molecular flexibility index (Phi) is 6.83. The second-order valence-corrected chi connectivity index (χ2v) is 5.32. The van der Waals surface area contributed by atoms with Gasteiger partial charge in [0.15, 0.2) is 0 Å². The van der Waals surface area contributed by atoms with Gasteiger partial charge in [0.2, 0.25) is 5.91 Å². The van der Waals surface area contributed by atoms with E-state index < -0.39 is 6.10 Å². The van der Waals surface area contributed by atoms with Gasteiger partial charge >= 0.3 is 0 Å². The van der Waals surface area contributed by atoms with Crippen LogP contribution in [0.15, 0.2) is 29.2 Å². The summed E-state index contributed by atoms with van der Waals surface area (Å²) in [5.41, 5.74) is 1.18. The van der Waals surface area contributed by atoms with Crippen LogP contribution >= 0.6 is 11.8 Å². The first-order valence-electron chi connectivity index (χ1n) is 6.26. The molecule has 1 rings (SSSR count). The molecule has 0 aliphatic rings. The molecule has 1 atom stereocenters. The predicted molar refractivity (Wildman–Crippen MR) is 75.8 cm³/mol. The van der Waals surface area contributed by atoms with Crippen molar-refractivity contribution in [1.82, 2.24) is 5.32 Å². The van der Waals surface area contributed by atoms with Crippen LogP contribution in [0.1, 0.15) is 25.3 Å². The molecular weight excluding hydrogens is 246 g/mol. The Morgan fingerprint density at radius 3 is 2.83 bits per heavy atom. The third-order valence-electron chi connectivity index (χ3n) is 2.61. The lowest BCUT2D eigenvalue weighted by atomic mass is 10.2. The Hall–Kier alpha value is -1.00. The number of thioether (sulfide) groups is 1. The second kappa shape index (κ2) is 8.16. The number of hydrogen-bond donors (Lipinski definition) is 2. The minimum Gasteiger partial charge on any atom is -0.391 e. The number of carbonyl (C=O) groups is 1. The van der Waals surface area contributed by atoms with E-state index in [0.717, 1.165) is 17.7 Å². The zero-order valence-corrected chi connectivity index (χ0v) is 11.8. The van der Waals surface area contributed by atoms with Crippen LogP contribution in [0.25, 0.3) is 0 Å². The molecule has 3 nitrogen and oxygen atoms in total. The van der Waals surface area contributed by atoms with E-state index in [1.54, 1.807) is 0 Å². The average Bonchev–Trinajstić information content (AvgIpc) is 2.36. The van der Waals surface area contributed by atoms with E-state index >= 15 is 0 Å². The lowest BCUT2D eigenvalue weighted by Gasteiger charge is -2.10. The van der Waals surface area contributed by atoms with Crippen LogP contribution in [0.4, 0.5) is 0 Å². The van der Waals surface area contributed by atoms with Crippen LogP contribution in [-0.2, 0) is 4.79 Å². The zero-order valence-electron chi connectivity index (χ0n) is 11.0. The van der Waals surface area contributed by atoms with Gasteiger partial charge in [0.1, 0.15) is 0 Å². The molecule has 100 valence electrons. The Labute approximate surface area is 113 Å². The van der Waals surface area contributed by atoms with Gasteiger partial charge in [-0.1, -0.05) is 31.5 Å². The number of nitrogens with one attached hydrogen (secondary N) is 1. The van der Waals surface area contributed by atoms with Gasteiger partial charge in [-0.05, 0) is 25.0 Å². The zero-order chi connectivity index (χ0) is 13.4. The molecule has 0 saturated heterocycles. The van der Waals surface area contributed by atoms with Crippen molar-refractivity contribution < 1.29 is 9.90 Å². The molecule has 18 heavy (non-hydrogen) atoms. The average molecular weight is 267 g/mol. The van der Waals surface area contributed by atoms with Crippen LogP contribution in [0, 0.1) is 6.92 Å². The smallest absolute Gasteiger partial charge is 0.230 e.